The number of nitrogens with zero attached hydrogens (tertiary/aromatic N) is 1. The first-order valence-corrected chi connectivity index (χ1v) is 7.51. The van der Waals surface area contributed by atoms with E-state index >= 15 is 0 Å². The van der Waals surface area contributed by atoms with Crippen molar-refractivity contribution in [3.8, 4) is 5.75 Å². The highest BCUT2D eigenvalue weighted by molar-refractivity contribution is 5.84. The van der Waals surface area contributed by atoms with Crippen LogP contribution >= 0.6 is 0 Å². The summed E-state index contributed by atoms with van der Waals surface area (Å²) in [5, 5.41) is 13.7. The van der Waals surface area contributed by atoms with Crippen molar-refractivity contribution in [2.75, 3.05) is 20.3 Å². The molecule has 112 valence electrons. The second kappa shape index (κ2) is 6.00. The molecule has 1 aromatic heterocycles. The Balaban J connectivity index is 1.67. The lowest BCUT2D eigenvalue weighted by atomic mass is 10.0. The molecule has 0 radical (unpaired) electrons. The van der Waals surface area contributed by atoms with Gasteiger partial charge in [-0.2, -0.15) is 0 Å². The second-order valence-corrected chi connectivity index (χ2v) is 5.91. The monoisotopic (exact) mass is 286 g/mol. The van der Waals surface area contributed by atoms with Crippen molar-refractivity contribution in [1.82, 2.24) is 10.3 Å². The van der Waals surface area contributed by atoms with Crippen LogP contribution in [-0.4, -0.2) is 30.4 Å². The molecule has 1 heterocycles. The Kier molecular flexibility index (Phi) is 4.08. The van der Waals surface area contributed by atoms with E-state index in [0.29, 0.717) is 5.41 Å². The summed E-state index contributed by atoms with van der Waals surface area (Å²) in [6, 6.07) is 10.1. The largest absolute Gasteiger partial charge is 0.494 e. The van der Waals surface area contributed by atoms with Crippen molar-refractivity contribution in [3.05, 3.63) is 36.0 Å². The fourth-order valence-corrected chi connectivity index (χ4v) is 2.81. The lowest BCUT2D eigenvalue weighted by Crippen LogP contribution is -2.24. The first-order valence-electron chi connectivity index (χ1n) is 7.51. The van der Waals surface area contributed by atoms with Crippen LogP contribution in [0.1, 0.15) is 25.0 Å². The van der Waals surface area contributed by atoms with Crippen LogP contribution in [-0.2, 0) is 6.54 Å². The SMILES string of the molecule is COc1cccc2ccc(CNCC3(CCO)CC3)nc12. The number of pyridine rings is 1. The Bertz CT molecular complexity index is 623. The van der Waals surface area contributed by atoms with Crippen molar-refractivity contribution in [3.63, 3.8) is 0 Å². The molecule has 1 aliphatic rings. The van der Waals surface area contributed by atoms with Crippen LogP contribution in [0.5, 0.6) is 5.75 Å². The number of fused-ring (bicyclic) bond motifs is 1. The summed E-state index contributed by atoms with van der Waals surface area (Å²) in [5.41, 5.74) is 2.27. The highest BCUT2D eigenvalue weighted by Gasteiger charge is 2.41. The molecule has 0 bridgehead atoms. The number of aliphatic hydroxyl groups excluding tert-OH is 1. The highest BCUT2D eigenvalue weighted by Crippen LogP contribution is 2.47. The molecule has 2 aromatic rings. The Hall–Kier alpha value is -1.65. The van der Waals surface area contributed by atoms with Crippen LogP contribution < -0.4 is 10.1 Å². The smallest absolute Gasteiger partial charge is 0.145 e. The number of aliphatic hydroxyl groups is 1. The quantitative estimate of drug-likeness (QED) is 0.821. The third-order valence-electron chi connectivity index (χ3n) is 4.37. The lowest BCUT2D eigenvalue weighted by Gasteiger charge is -2.14. The van der Waals surface area contributed by atoms with Gasteiger partial charge in [0.15, 0.2) is 0 Å². The molecule has 0 unspecified atom stereocenters. The number of hydrogen-bond acceptors (Lipinski definition) is 4. The topological polar surface area (TPSA) is 54.4 Å². The van der Waals surface area contributed by atoms with E-state index in [9.17, 15) is 0 Å². The summed E-state index contributed by atoms with van der Waals surface area (Å²) in [6.45, 7) is 1.99. The van der Waals surface area contributed by atoms with Crippen molar-refractivity contribution in [1.29, 1.82) is 0 Å². The molecule has 1 aliphatic carbocycles. The molecule has 1 aromatic carbocycles. The molecule has 0 saturated heterocycles. The summed E-state index contributed by atoms with van der Waals surface area (Å²) in [6.07, 6.45) is 3.35. The van der Waals surface area contributed by atoms with Gasteiger partial charge in [-0.25, -0.2) is 4.98 Å². The maximum atomic E-state index is 9.08. The predicted octanol–water partition coefficient (Wildman–Crippen LogP) is 2.50. The van der Waals surface area contributed by atoms with Crippen molar-refractivity contribution in [2.24, 2.45) is 5.41 Å². The van der Waals surface area contributed by atoms with Gasteiger partial charge in [0.25, 0.3) is 0 Å². The Morgan fingerprint density at radius 3 is 2.86 bits per heavy atom. The Morgan fingerprint density at radius 2 is 2.14 bits per heavy atom. The average Bonchev–Trinajstić information content (AvgIpc) is 3.27. The van der Waals surface area contributed by atoms with Gasteiger partial charge >= 0.3 is 0 Å². The molecule has 2 N–H and O–H groups in total. The van der Waals surface area contributed by atoms with Gasteiger partial charge in [-0.1, -0.05) is 18.2 Å². The zero-order valence-corrected chi connectivity index (χ0v) is 12.4. The zero-order valence-electron chi connectivity index (χ0n) is 12.4. The Morgan fingerprint density at radius 1 is 1.29 bits per heavy atom. The fourth-order valence-electron chi connectivity index (χ4n) is 2.81. The van der Waals surface area contributed by atoms with Gasteiger partial charge in [0.1, 0.15) is 11.3 Å². The Labute approximate surface area is 125 Å². The van der Waals surface area contributed by atoms with E-state index < -0.39 is 0 Å². The van der Waals surface area contributed by atoms with Gasteiger partial charge < -0.3 is 15.2 Å². The summed E-state index contributed by atoms with van der Waals surface area (Å²) in [5.74, 6) is 0.813. The molecule has 4 heteroatoms. The van der Waals surface area contributed by atoms with Crippen LogP contribution in [0.15, 0.2) is 30.3 Å². The van der Waals surface area contributed by atoms with E-state index in [1.165, 1.54) is 12.8 Å². The number of methoxy groups -OCH3 is 1. The molecule has 0 spiro atoms. The van der Waals surface area contributed by atoms with Crippen molar-refractivity contribution >= 4 is 10.9 Å². The number of benzene rings is 1. The number of nitrogens with one attached hydrogen (secondary N) is 1. The van der Waals surface area contributed by atoms with Gasteiger partial charge in [0, 0.05) is 25.1 Å². The minimum absolute atomic E-state index is 0.285. The molecule has 1 saturated carbocycles. The maximum Gasteiger partial charge on any atom is 0.145 e. The molecule has 1 fully saturated rings. The molecule has 4 nitrogen and oxygen atoms in total. The number of rotatable bonds is 7. The molecule has 21 heavy (non-hydrogen) atoms. The van der Waals surface area contributed by atoms with Crippen LogP contribution in [0, 0.1) is 5.41 Å². The molecule has 3 rings (SSSR count). The number of ether oxygens (including phenoxy) is 1. The third kappa shape index (κ3) is 3.17. The van der Waals surface area contributed by atoms with E-state index in [1.807, 2.05) is 18.2 Å². The van der Waals surface area contributed by atoms with E-state index in [2.05, 4.69) is 17.4 Å². The standard InChI is InChI=1S/C17H22N2O2/c1-21-15-4-2-3-13-5-6-14(19-16(13)15)11-18-12-17(7-8-17)9-10-20/h2-6,18,20H,7-12H2,1H3. The minimum atomic E-state index is 0.285. The first kappa shape index (κ1) is 14.3. The van der Waals surface area contributed by atoms with Gasteiger partial charge in [-0.3, -0.25) is 0 Å². The fraction of sp³-hybridized carbons (Fsp3) is 0.471. The highest BCUT2D eigenvalue weighted by atomic mass is 16.5. The number of aromatic nitrogens is 1. The minimum Gasteiger partial charge on any atom is -0.494 e. The van der Waals surface area contributed by atoms with E-state index in [4.69, 9.17) is 14.8 Å². The van der Waals surface area contributed by atoms with E-state index in [1.54, 1.807) is 7.11 Å². The summed E-state index contributed by atoms with van der Waals surface area (Å²) < 4.78 is 5.37. The van der Waals surface area contributed by atoms with Gasteiger partial charge in [0.2, 0.25) is 0 Å². The van der Waals surface area contributed by atoms with E-state index in [0.717, 1.165) is 41.9 Å². The average molecular weight is 286 g/mol. The van der Waals surface area contributed by atoms with Crippen LogP contribution in [0.3, 0.4) is 0 Å². The predicted molar refractivity (Wildman–Crippen MR) is 83.4 cm³/mol. The summed E-state index contributed by atoms with van der Waals surface area (Å²) in [4.78, 5) is 4.70. The van der Waals surface area contributed by atoms with Crippen LogP contribution in [0.2, 0.25) is 0 Å². The summed E-state index contributed by atoms with van der Waals surface area (Å²) >= 11 is 0. The first-order chi connectivity index (χ1) is 10.3. The molecule has 0 amide bonds. The molecule has 0 atom stereocenters. The van der Waals surface area contributed by atoms with Crippen molar-refractivity contribution in [2.45, 2.75) is 25.8 Å². The molecular weight excluding hydrogens is 264 g/mol. The van der Waals surface area contributed by atoms with Crippen LogP contribution in [0.25, 0.3) is 10.9 Å². The van der Waals surface area contributed by atoms with Crippen LogP contribution in [0.4, 0.5) is 0 Å². The zero-order chi connectivity index (χ0) is 14.7. The normalized spacial score (nSPS) is 16.1. The van der Waals surface area contributed by atoms with Gasteiger partial charge in [-0.15, -0.1) is 0 Å². The van der Waals surface area contributed by atoms with Gasteiger partial charge in [-0.05, 0) is 36.8 Å². The number of para-hydroxylation sites is 1. The lowest BCUT2D eigenvalue weighted by molar-refractivity contribution is 0.245. The molecular formula is C17H22N2O2. The van der Waals surface area contributed by atoms with Gasteiger partial charge in [0.05, 0.1) is 12.8 Å². The summed E-state index contributed by atoms with van der Waals surface area (Å²) in [7, 11) is 1.67. The van der Waals surface area contributed by atoms with Crippen molar-refractivity contribution < 1.29 is 9.84 Å². The maximum absolute atomic E-state index is 9.08. The second-order valence-electron chi connectivity index (χ2n) is 5.91. The van der Waals surface area contributed by atoms with E-state index in [-0.39, 0.29) is 6.61 Å². The number of hydrogen-bond donors (Lipinski definition) is 2. The third-order valence-corrected chi connectivity index (χ3v) is 4.37. The molecule has 0 aliphatic heterocycles.